The van der Waals surface area contributed by atoms with Crippen LogP contribution in [0.3, 0.4) is 0 Å². The van der Waals surface area contributed by atoms with Crippen molar-refractivity contribution in [3.63, 3.8) is 0 Å². The summed E-state index contributed by atoms with van der Waals surface area (Å²) in [5.41, 5.74) is -6.68. The molecule has 4 rings (SSSR count). The number of hydrogen-bond donors (Lipinski definition) is 2. The minimum Gasteiger partial charge on any atom is -0.326 e. The summed E-state index contributed by atoms with van der Waals surface area (Å²) in [5, 5.41) is 4.51. The molecule has 45 heavy (non-hydrogen) atoms. The standard InChI is InChI=1S/C28H17Cl3F8N2O3S/c29-18-5-4-14(41-25(44)24-23(26(24,30)31)13-2-6-19(32)17(7-13)27(34,35)36)9-16(18)21(42)8-12-1-3-15(10-20(12)33)40-22(43)11-45-28(37,38)39/h1-7,9-10,23-24H,8,11H2,(H,40,43)(H,41,44)/t23-,24+/m0/s1. The summed E-state index contributed by atoms with van der Waals surface area (Å²) in [6.07, 6.45) is -5.54. The average Bonchev–Trinajstić information content (AvgIpc) is 3.51. The van der Waals surface area contributed by atoms with E-state index >= 15 is 0 Å². The van der Waals surface area contributed by atoms with Gasteiger partial charge in [-0.3, -0.25) is 14.4 Å². The van der Waals surface area contributed by atoms with E-state index in [-0.39, 0.29) is 33.1 Å². The van der Waals surface area contributed by atoms with Gasteiger partial charge in [0.05, 0.1) is 22.3 Å². The average molecular weight is 720 g/mol. The quantitative estimate of drug-likeness (QED) is 0.132. The van der Waals surface area contributed by atoms with E-state index in [0.717, 1.165) is 18.2 Å². The van der Waals surface area contributed by atoms with Gasteiger partial charge in [-0.1, -0.05) is 23.7 Å². The summed E-state index contributed by atoms with van der Waals surface area (Å²) < 4.78 is 103. The highest BCUT2D eigenvalue weighted by molar-refractivity contribution is 8.00. The molecule has 17 heteroatoms. The molecule has 2 N–H and O–H groups in total. The van der Waals surface area contributed by atoms with Gasteiger partial charge in [-0.15, -0.1) is 23.2 Å². The van der Waals surface area contributed by atoms with Crippen molar-refractivity contribution >= 4 is 75.5 Å². The minimum absolute atomic E-state index is 0.0212. The lowest BCUT2D eigenvalue weighted by Crippen LogP contribution is -2.18. The Bertz CT molecular complexity index is 1670. The number of rotatable bonds is 9. The van der Waals surface area contributed by atoms with Crippen molar-refractivity contribution in [2.45, 2.75) is 28.4 Å². The third-order valence-electron chi connectivity index (χ3n) is 6.58. The van der Waals surface area contributed by atoms with Crippen molar-refractivity contribution in [2.75, 3.05) is 16.4 Å². The van der Waals surface area contributed by atoms with Crippen LogP contribution in [0.2, 0.25) is 5.02 Å². The summed E-state index contributed by atoms with van der Waals surface area (Å²) in [7, 11) is 0. The van der Waals surface area contributed by atoms with E-state index in [2.05, 4.69) is 10.6 Å². The SMILES string of the molecule is O=C(CSC(F)(F)F)Nc1ccc(CC(=O)c2cc(NC(=O)[C@H]3[C@H](c4ccc(F)c(C(F)(F)F)c4)C3(Cl)Cl)ccc2Cl)c(F)c1. The first kappa shape index (κ1) is 34.8. The second kappa shape index (κ2) is 13.0. The van der Waals surface area contributed by atoms with Gasteiger partial charge in [0.2, 0.25) is 11.8 Å². The van der Waals surface area contributed by atoms with Gasteiger partial charge < -0.3 is 10.6 Å². The number of alkyl halides is 8. The summed E-state index contributed by atoms with van der Waals surface area (Å²) in [5.74, 6) is -8.30. The van der Waals surface area contributed by atoms with Gasteiger partial charge >= 0.3 is 11.7 Å². The molecule has 1 aliphatic rings. The molecular formula is C28H17Cl3F8N2O3S. The molecule has 0 radical (unpaired) electrons. The largest absolute Gasteiger partial charge is 0.442 e. The van der Waals surface area contributed by atoms with Crippen LogP contribution in [0.5, 0.6) is 0 Å². The fourth-order valence-electron chi connectivity index (χ4n) is 4.44. The van der Waals surface area contributed by atoms with Crippen LogP contribution < -0.4 is 10.6 Å². The summed E-state index contributed by atoms with van der Waals surface area (Å²) in [4.78, 5) is 37.7. The first-order valence-electron chi connectivity index (χ1n) is 12.4. The zero-order chi connectivity index (χ0) is 33.5. The minimum atomic E-state index is -5.00. The van der Waals surface area contributed by atoms with Crippen LogP contribution in [-0.2, 0) is 22.2 Å². The van der Waals surface area contributed by atoms with Crippen LogP contribution in [0.1, 0.15) is 33.0 Å². The van der Waals surface area contributed by atoms with Gasteiger partial charge in [-0.05, 0) is 65.4 Å². The third kappa shape index (κ3) is 8.40. The molecular weight excluding hydrogens is 703 g/mol. The molecule has 0 unspecified atom stereocenters. The van der Waals surface area contributed by atoms with Crippen molar-refractivity contribution in [1.29, 1.82) is 0 Å². The van der Waals surface area contributed by atoms with Crippen LogP contribution in [-0.4, -0.2) is 33.2 Å². The van der Waals surface area contributed by atoms with E-state index in [1.807, 2.05) is 0 Å². The number of anilines is 2. The zero-order valence-electron chi connectivity index (χ0n) is 22.1. The van der Waals surface area contributed by atoms with Crippen molar-refractivity contribution < 1.29 is 49.5 Å². The zero-order valence-corrected chi connectivity index (χ0v) is 25.1. The van der Waals surface area contributed by atoms with Crippen LogP contribution in [0.4, 0.5) is 46.5 Å². The molecule has 0 aromatic heterocycles. The molecule has 0 saturated heterocycles. The lowest BCUT2D eigenvalue weighted by Gasteiger charge is -2.11. The molecule has 2 amide bonds. The van der Waals surface area contributed by atoms with Crippen LogP contribution in [0.25, 0.3) is 0 Å². The van der Waals surface area contributed by atoms with Gasteiger partial charge in [-0.25, -0.2) is 8.78 Å². The first-order chi connectivity index (χ1) is 20.8. The number of ketones is 1. The highest BCUT2D eigenvalue weighted by atomic mass is 35.5. The Hall–Kier alpha value is -3.07. The third-order valence-corrected chi connectivity index (χ3v) is 8.58. The molecule has 2 atom stereocenters. The van der Waals surface area contributed by atoms with Crippen molar-refractivity contribution in [1.82, 2.24) is 0 Å². The lowest BCUT2D eigenvalue weighted by molar-refractivity contribution is -0.140. The molecule has 0 heterocycles. The highest BCUT2D eigenvalue weighted by Crippen LogP contribution is 2.65. The van der Waals surface area contributed by atoms with Gasteiger partial charge in [0, 0.05) is 29.3 Å². The van der Waals surface area contributed by atoms with E-state index in [1.165, 1.54) is 24.3 Å². The molecule has 3 aromatic rings. The predicted octanol–water partition coefficient (Wildman–Crippen LogP) is 8.78. The van der Waals surface area contributed by atoms with E-state index < -0.39 is 86.6 Å². The monoisotopic (exact) mass is 718 g/mol. The smallest absolute Gasteiger partial charge is 0.326 e. The topological polar surface area (TPSA) is 75.3 Å². The Labute approximate surface area is 268 Å². The summed E-state index contributed by atoms with van der Waals surface area (Å²) in [6, 6.07) is 9.06. The number of carbonyl (C=O) groups is 3. The van der Waals surface area contributed by atoms with E-state index in [1.54, 1.807) is 0 Å². The highest BCUT2D eigenvalue weighted by Gasteiger charge is 2.67. The van der Waals surface area contributed by atoms with E-state index in [4.69, 9.17) is 34.8 Å². The molecule has 0 bridgehead atoms. The molecule has 3 aromatic carbocycles. The number of hydrogen-bond acceptors (Lipinski definition) is 4. The van der Waals surface area contributed by atoms with Gasteiger partial charge in [0.1, 0.15) is 16.0 Å². The van der Waals surface area contributed by atoms with Crippen LogP contribution in [0.15, 0.2) is 54.6 Å². The van der Waals surface area contributed by atoms with Gasteiger partial charge in [-0.2, -0.15) is 26.3 Å². The molecule has 1 fully saturated rings. The molecule has 0 spiro atoms. The number of Topliss-reactive ketones (excluding diaryl/α,β-unsaturated/α-hetero) is 1. The Morgan fingerprint density at radius 3 is 2.11 bits per heavy atom. The van der Waals surface area contributed by atoms with Gasteiger partial charge in [0.25, 0.3) is 0 Å². The van der Waals surface area contributed by atoms with Crippen molar-refractivity contribution in [3.05, 3.63) is 93.5 Å². The second-order valence-electron chi connectivity index (χ2n) is 9.74. The normalized spacial score (nSPS) is 17.5. The molecule has 0 aliphatic heterocycles. The Morgan fingerprint density at radius 2 is 1.49 bits per heavy atom. The van der Waals surface area contributed by atoms with Crippen LogP contribution >= 0.6 is 46.6 Å². The second-order valence-corrected chi connectivity index (χ2v) is 12.6. The van der Waals surface area contributed by atoms with Gasteiger partial charge in [0.15, 0.2) is 5.78 Å². The Kier molecular flexibility index (Phi) is 10.0. The van der Waals surface area contributed by atoms with Crippen LogP contribution in [0, 0.1) is 17.6 Å². The fraction of sp³-hybridized carbons (Fsp3) is 0.250. The number of carbonyl (C=O) groups excluding carboxylic acids is 3. The number of amides is 2. The number of thioether (sulfide) groups is 1. The molecule has 1 aliphatic carbocycles. The number of nitrogens with one attached hydrogen (secondary N) is 2. The maximum absolute atomic E-state index is 14.7. The maximum Gasteiger partial charge on any atom is 0.442 e. The van der Waals surface area contributed by atoms with E-state index in [0.29, 0.717) is 12.1 Å². The molecule has 5 nitrogen and oxygen atoms in total. The molecule has 1 saturated carbocycles. The fourth-order valence-corrected chi connectivity index (χ4v) is 5.86. The lowest BCUT2D eigenvalue weighted by atomic mass is 10.0. The summed E-state index contributed by atoms with van der Waals surface area (Å²) >= 11 is 18.0. The summed E-state index contributed by atoms with van der Waals surface area (Å²) in [6.45, 7) is 0. The first-order valence-corrected chi connectivity index (χ1v) is 14.6. The van der Waals surface area contributed by atoms with E-state index in [9.17, 15) is 49.5 Å². The number of halogens is 11. The maximum atomic E-state index is 14.7. The Balaban J connectivity index is 1.44. The predicted molar refractivity (Wildman–Crippen MR) is 154 cm³/mol. The van der Waals surface area contributed by atoms with Crippen molar-refractivity contribution in [2.24, 2.45) is 5.92 Å². The van der Waals surface area contributed by atoms with Crippen molar-refractivity contribution in [3.8, 4) is 0 Å². The molecule has 240 valence electrons. The number of benzene rings is 3. The Morgan fingerprint density at radius 1 is 0.844 bits per heavy atom.